The van der Waals surface area contributed by atoms with E-state index < -0.39 is 37.2 Å². The van der Waals surface area contributed by atoms with E-state index in [4.69, 9.17) is 0 Å². The monoisotopic (exact) mass is 465 g/mol. The maximum absolute atomic E-state index is 12.5. The first-order valence-electron chi connectivity index (χ1n) is 8.65. The molecule has 0 aliphatic heterocycles. The quantitative estimate of drug-likeness (QED) is 0.410. The van der Waals surface area contributed by atoms with Crippen LogP contribution < -0.4 is 5.32 Å². The van der Waals surface area contributed by atoms with Crippen molar-refractivity contribution in [1.82, 2.24) is 9.29 Å². The smallest absolute Gasteiger partial charge is 0.277 e. The van der Waals surface area contributed by atoms with Crippen LogP contribution in [-0.2, 0) is 10.0 Å². The summed E-state index contributed by atoms with van der Waals surface area (Å²) in [5.41, 5.74) is -1.05. The van der Waals surface area contributed by atoms with Crippen molar-refractivity contribution in [3.8, 4) is 0 Å². The third kappa shape index (κ3) is 4.50. The van der Waals surface area contributed by atoms with Gasteiger partial charge in [0.05, 0.1) is 36.6 Å². The van der Waals surface area contributed by atoms with Crippen LogP contribution >= 0.6 is 11.3 Å². The molecule has 1 heterocycles. The van der Waals surface area contributed by atoms with E-state index in [1.54, 1.807) is 6.92 Å². The first-order valence-corrected chi connectivity index (χ1v) is 10.9. The van der Waals surface area contributed by atoms with Crippen molar-refractivity contribution in [3.05, 3.63) is 62.2 Å². The summed E-state index contributed by atoms with van der Waals surface area (Å²) in [6, 6.07) is 6.92. The average Bonchev–Trinajstić information content (AvgIpc) is 3.13. The van der Waals surface area contributed by atoms with Crippen LogP contribution in [0.5, 0.6) is 0 Å². The molecule has 0 aliphatic carbocycles. The molecule has 0 fully saturated rings. The number of thiazole rings is 1. The van der Waals surface area contributed by atoms with Gasteiger partial charge in [-0.05, 0) is 18.2 Å². The SMILES string of the molecule is CCN(C)S(=O)(=O)c1ccc2nc(NC(=O)c3cc([N+](=O)[O-])cc([N+](=O)[O-])c3)sc2c1. The van der Waals surface area contributed by atoms with Gasteiger partial charge in [-0.15, -0.1) is 0 Å². The fraction of sp³-hybridized carbons (Fsp3) is 0.176. The van der Waals surface area contributed by atoms with Crippen molar-refractivity contribution in [2.45, 2.75) is 11.8 Å². The van der Waals surface area contributed by atoms with Crippen LogP contribution in [0.3, 0.4) is 0 Å². The summed E-state index contributed by atoms with van der Waals surface area (Å²) in [5.74, 6) is -0.829. The van der Waals surface area contributed by atoms with Crippen LogP contribution in [0.1, 0.15) is 17.3 Å². The number of rotatable bonds is 7. The molecule has 162 valence electrons. The Morgan fingerprint density at radius 3 is 2.29 bits per heavy atom. The molecule has 1 amide bonds. The lowest BCUT2D eigenvalue weighted by molar-refractivity contribution is -0.394. The second-order valence-corrected chi connectivity index (χ2v) is 9.35. The van der Waals surface area contributed by atoms with E-state index in [1.165, 1.54) is 29.6 Å². The Hall–Kier alpha value is -3.49. The molecule has 31 heavy (non-hydrogen) atoms. The molecule has 3 aromatic rings. The molecule has 14 heteroatoms. The molecular weight excluding hydrogens is 450 g/mol. The first-order chi connectivity index (χ1) is 14.5. The van der Waals surface area contributed by atoms with E-state index in [0.717, 1.165) is 29.5 Å². The Balaban J connectivity index is 1.93. The van der Waals surface area contributed by atoms with E-state index in [0.29, 0.717) is 16.8 Å². The molecule has 12 nitrogen and oxygen atoms in total. The number of carbonyl (C=O) groups is 1. The van der Waals surface area contributed by atoms with Gasteiger partial charge in [-0.1, -0.05) is 18.3 Å². The van der Waals surface area contributed by atoms with Crippen molar-refractivity contribution in [2.24, 2.45) is 0 Å². The maximum atomic E-state index is 12.5. The lowest BCUT2D eigenvalue weighted by atomic mass is 10.1. The zero-order chi connectivity index (χ0) is 22.9. The number of hydrogen-bond donors (Lipinski definition) is 1. The number of carbonyl (C=O) groups excluding carboxylic acids is 1. The van der Waals surface area contributed by atoms with E-state index in [2.05, 4.69) is 10.3 Å². The zero-order valence-electron chi connectivity index (χ0n) is 16.1. The van der Waals surface area contributed by atoms with Crippen LogP contribution in [0.2, 0.25) is 0 Å². The largest absolute Gasteiger partial charge is 0.298 e. The molecule has 2 aromatic carbocycles. The Morgan fingerprint density at radius 2 is 1.74 bits per heavy atom. The third-order valence-corrected chi connectivity index (χ3v) is 7.18. The molecule has 0 atom stereocenters. The molecule has 1 N–H and O–H groups in total. The van der Waals surface area contributed by atoms with Gasteiger partial charge < -0.3 is 0 Å². The number of anilines is 1. The van der Waals surface area contributed by atoms with Crippen LogP contribution in [-0.4, -0.2) is 47.1 Å². The molecule has 0 saturated carbocycles. The van der Waals surface area contributed by atoms with Gasteiger partial charge in [0.2, 0.25) is 10.0 Å². The highest BCUT2D eigenvalue weighted by Crippen LogP contribution is 2.30. The molecular formula is C17H15N5O7S2. The third-order valence-electron chi connectivity index (χ3n) is 4.32. The van der Waals surface area contributed by atoms with E-state index in [-0.39, 0.29) is 15.6 Å². The number of sulfonamides is 1. The van der Waals surface area contributed by atoms with E-state index in [9.17, 15) is 33.4 Å². The molecule has 1 aromatic heterocycles. The molecule has 0 unspecified atom stereocenters. The average molecular weight is 465 g/mol. The molecule has 0 bridgehead atoms. The van der Waals surface area contributed by atoms with Crippen LogP contribution in [0.25, 0.3) is 10.2 Å². The minimum atomic E-state index is -3.67. The fourth-order valence-corrected chi connectivity index (χ4v) is 4.76. The summed E-state index contributed by atoms with van der Waals surface area (Å²) < 4.78 is 26.6. The number of hydrogen-bond acceptors (Lipinski definition) is 9. The number of non-ortho nitro benzene ring substituents is 2. The topological polar surface area (TPSA) is 166 Å². The van der Waals surface area contributed by atoms with Crippen molar-refractivity contribution in [1.29, 1.82) is 0 Å². The summed E-state index contributed by atoms with van der Waals surface area (Å²) in [4.78, 5) is 37.1. The Morgan fingerprint density at radius 1 is 1.13 bits per heavy atom. The number of nitro benzene ring substituents is 2. The summed E-state index contributed by atoms with van der Waals surface area (Å²) in [6.45, 7) is 1.99. The highest BCUT2D eigenvalue weighted by Gasteiger charge is 2.22. The van der Waals surface area contributed by atoms with Crippen molar-refractivity contribution >= 4 is 54.0 Å². The zero-order valence-corrected chi connectivity index (χ0v) is 17.8. The van der Waals surface area contributed by atoms with Crippen LogP contribution in [0.4, 0.5) is 16.5 Å². The van der Waals surface area contributed by atoms with Crippen LogP contribution in [0.15, 0.2) is 41.3 Å². The highest BCUT2D eigenvalue weighted by molar-refractivity contribution is 7.89. The van der Waals surface area contributed by atoms with Gasteiger partial charge in [0.15, 0.2) is 5.13 Å². The number of fused-ring (bicyclic) bond motifs is 1. The molecule has 0 aliphatic rings. The number of nitrogens with zero attached hydrogens (tertiary/aromatic N) is 4. The van der Waals surface area contributed by atoms with E-state index >= 15 is 0 Å². The van der Waals surface area contributed by atoms with E-state index in [1.807, 2.05) is 0 Å². The standard InChI is InChI=1S/C17H15N5O7S2/c1-3-20(2)31(28,29)13-4-5-14-15(9-13)30-17(18-14)19-16(23)10-6-11(21(24)25)8-12(7-10)22(26)27/h4-9H,3H2,1-2H3,(H,18,19,23). The summed E-state index contributed by atoms with van der Waals surface area (Å²) in [5, 5.41) is 24.5. The van der Waals surface area contributed by atoms with Crippen LogP contribution in [0, 0.1) is 20.2 Å². The molecule has 0 radical (unpaired) electrons. The summed E-state index contributed by atoms with van der Waals surface area (Å²) in [6.07, 6.45) is 0. The Labute approximate surface area is 179 Å². The number of nitrogens with one attached hydrogen (secondary N) is 1. The second kappa shape index (κ2) is 8.33. The first kappa shape index (κ1) is 22.2. The Bertz CT molecular complexity index is 1290. The van der Waals surface area contributed by atoms with Gasteiger partial charge in [-0.3, -0.25) is 30.3 Å². The summed E-state index contributed by atoms with van der Waals surface area (Å²) >= 11 is 0.997. The highest BCUT2D eigenvalue weighted by atomic mass is 32.2. The Kier molecular flexibility index (Phi) is 5.97. The van der Waals surface area contributed by atoms with Gasteiger partial charge in [0.1, 0.15) is 0 Å². The number of nitro groups is 2. The lowest BCUT2D eigenvalue weighted by Gasteiger charge is -2.14. The lowest BCUT2D eigenvalue weighted by Crippen LogP contribution is -2.26. The van der Waals surface area contributed by atoms with Gasteiger partial charge in [-0.2, -0.15) is 0 Å². The minimum Gasteiger partial charge on any atom is -0.298 e. The maximum Gasteiger partial charge on any atom is 0.277 e. The van der Waals surface area contributed by atoms with Gasteiger partial charge in [-0.25, -0.2) is 17.7 Å². The number of aromatic nitrogens is 1. The predicted octanol–water partition coefficient (Wildman–Crippen LogP) is 3.01. The van der Waals surface area contributed by atoms with Gasteiger partial charge in [0, 0.05) is 25.7 Å². The molecule has 0 saturated heterocycles. The van der Waals surface area contributed by atoms with Crippen molar-refractivity contribution in [2.75, 3.05) is 18.9 Å². The normalized spacial score (nSPS) is 11.6. The number of amides is 1. The second-order valence-electron chi connectivity index (χ2n) is 6.27. The van der Waals surface area contributed by atoms with Gasteiger partial charge >= 0.3 is 0 Å². The molecule has 0 spiro atoms. The predicted molar refractivity (Wildman–Crippen MR) is 113 cm³/mol. The minimum absolute atomic E-state index is 0.0696. The summed E-state index contributed by atoms with van der Waals surface area (Å²) in [7, 11) is -2.21. The van der Waals surface area contributed by atoms with Crippen molar-refractivity contribution in [3.63, 3.8) is 0 Å². The van der Waals surface area contributed by atoms with Gasteiger partial charge in [0.25, 0.3) is 17.3 Å². The van der Waals surface area contributed by atoms with Crippen molar-refractivity contribution < 1.29 is 23.1 Å². The number of benzene rings is 2. The fourth-order valence-electron chi connectivity index (χ4n) is 2.58. The molecule has 3 rings (SSSR count).